The lowest BCUT2D eigenvalue weighted by molar-refractivity contribution is -0.146. The van der Waals surface area contributed by atoms with Crippen molar-refractivity contribution in [1.29, 1.82) is 0 Å². The number of hydrogen-bond acceptors (Lipinski definition) is 2. The van der Waals surface area contributed by atoms with E-state index in [4.69, 9.17) is 9.84 Å². The molecule has 0 aromatic carbocycles. The minimum Gasteiger partial charge on any atom is -0.481 e. The van der Waals surface area contributed by atoms with E-state index >= 15 is 0 Å². The second-order valence-electron chi connectivity index (χ2n) is 4.19. The van der Waals surface area contributed by atoms with Gasteiger partial charge in [0.15, 0.2) is 0 Å². The molecule has 2 aliphatic rings. The van der Waals surface area contributed by atoms with Crippen LogP contribution >= 0.6 is 0 Å². The molecule has 2 fully saturated rings. The second kappa shape index (κ2) is 3.66. The molecule has 0 aromatic heterocycles. The molecular formula is C10H16O3. The minimum absolute atomic E-state index is 0.00176. The molecule has 13 heavy (non-hydrogen) atoms. The van der Waals surface area contributed by atoms with Gasteiger partial charge in [0.05, 0.1) is 12.0 Å². The van der Waals surface area contributed by atoms with Crippen LogP contribution in [-0.4, -0.2) is 23.8 Å². The van der Waals surface area contributed by atoms with Crippen LogP contribution in [0.2, 0.25) is 0 Å². The molecule has 0 amide bonds. The first-order valence-electron chi connectivity index (χ1n) is 5.12. The number of rotatable bonds is 4. The molecule has 0 bridgehead atoms. The molecule has 2 aliphatic carbocycles. The topological polar surface area (TPSA) is 46.5 Å². The van der Waals surface area contributed by atoms with Crippen molar-refractivity contribution in [2.24, 2.45) is 11.8 Å². The predicted molar refractivity (Wildman–Crippen MR) is 47.4 cm³/mol. The molecule has 0 aromatic rings. The fourth-order valence-electron chi connectivity index (χ4n) is 1.95. The average molecular weight is 184 g/mol. The van der Waals surface area contributed by atoms with Crippen molar-refractivity contribution in [2.75, 3.05) is 6.61 Å². The van der Waals surface area contributed by atoms with E-state index < -0.39 is 5.97 Å². The zero-order valence-corrected chi connectivity index (χ0v) is 7.74. The molecule has 1 N–H and O–H groups in total. The van der Waals surface area contributed by atoms with Crippen LogP contribution in [0, 0.1) is 11.8 Å². The van der Waals surface area contributed by atoms with Gasteiger partial charge in [-0.05, 0) is 38.0 Å². The standard InChI is InChI=1S/C10H16O3/c11-10(12)8-2-1-3-9(8)13-6-7-4-5-7/h7-9H,1-6H2,(H,11,12). The van der Waals surface area contributed by atoms with Gasteiger partial charge >= 0.3 is 5.97 Å². The largest absolute Gasteiger partial charge is 0.481 e. The Labute approximate surface area is 78.1 Å². The summed E-state index contributed by atoms with van der Waals surface area (Å²) >= 11 is 0. The fourth-order valence-corrected chi connectivity index (χ4v) is 1.95. The van der Waals surface area contributed by atoms with Crippen molar-refractivity contribution in [3.05, 3.63) is 0 Å². The van der Waals surface area contributed by atoms with Crippen molar-refractivity contribution < 1.29 is 14.6 Å². The Balaban J connectivity index is 1.78. The maximum atomic E-state index is 10.8. The Morgan fingerprint density at radius 2 is 2.08 bits per heavy atom. The highest BCUT2D eigenvalue weighted by atomic mass is 16.5. The molecule has 2 atom stereocenters. The average Bonchev–Trinajstić information content (AvgIpc) is 2.79. The SMILES string of the molecule is O=C(O)C1CCCC1OCC1CC1. The molecule has 2 unspecified atom stereocenters. The van der Waals surface area contributed by atoms with E-state index in [1.54, 1.807) is 0 Å². The molecular weight excluding hydrogens is 168 g/mol. The van der Waals surface area contributed by atoms with Crippen LogP contribution in [0.3, 0.4) is 0 Å². The second-order valence-corrected chi connectivity index (χ2v) is 4.19. The lowest BCUT2D eigenvalue weighted by Gasteiger charge is -2.16. The van der Waals surface area contributed by atoms with Gasteiger partial charge in [0.25, 0.3) is 0 Å². The molecule has 0 radical (unpaired) electrons. The molecule has 3 heteroatoms. The maximum absolute atomic E-state index is 10.8. The molecule has 2 saturated carbocycles. The van der Waals surface area contributed by atoms with Crippen LogP contribution in [0.15, 0.2) is 0 Å². The third kappa shape index (κ3) is 2.21. The summed E-state index contributed by atoms with van der Waals surface area (Å²) in [6.45, 7) is 0.786. The Hall–Kier alpha value is -0.570. The summed E-state index contributed by atoms with van der Waals surface area (Å²) in [5.74, 6) is -0.188. The number of hydrogen-bond donors (Lipinski definition) is 1. The van der Waals surface area contributed by atoms with E-state index in [1.807, 2.05) is 0 Å². The maximum Gasteiger partial charge on any atom is 0.309 e. The summed E-state index contributed by atoms with van der Waals surface area (Å²) < 4.78 is 5.62. The number of aliphatic carboxylic acids is 1. The molecule has 3 nitrogen and oxygen atoms in total. The molecule has 2 rings (SSSR count). The van der Waals surface area contributed by atoms with E-state index in [0.29, 0.717) is 0 Å². The Morgan fingerprint density at radius 3 is 2.69 bits per heavy atom. The fraction of sp³-hybridized carbons (Fsp3) is 0.900. The van der Waals surface area contributed by atoms with Gasteiger partial charge in [-0.2, -0.15) is 0 Å². The van der Waals surface area contributed by atoms with Crippen LogP contribution < -0.4 is 0 Å². The van der Waals surface area contributed by atoms with Crippen LogP contribution in [0.1, 0.15) is 32.1 Å². The Kier molecular flexibility index (Phi) is 2.54. The van der Waals surface area contributed by atoms with Crippen LogP contribution in [-0.2, 0) is 9.53 Å². The first-order valence-corrected chi connectivity index (χ1v) is 5.12. The zero-order chi connectivity index (χ0) is 9.26. The minimum atomic E-state index is -0.682. The van der Waals surface area contributed by atoms with Crippen LogP contribution in [0.4, 0.5) is 0 Å². The van der Waals surface area contributed by atoms with Gasteiger partial charge in [-0.3, -0.25) is 4.79 Å². The van der Waals surface area contributed by atoms with Crippen LogP contribution in [0.5, 0.6) is 0 Å². The lowest BCUT2D eigenvalue weighted by atomic mass is 10.1. The third-order valence-corrected chi connectivity index (χ3v) is 3.01. The zero-order valence-electron chi connectivity index (χ0n) is 7.74. The quantitative estimate of drug-likeness (QED) is 0.722. The summed E-state index contributed by atoms with van der Waals surface area (Å²) in [7, 11) is 0. The normalized spacial score (nSPS) is 33.5. The van der Waals surface area contributed by atoms with Crippen molar-refractivity contribution in [1.82, 2.24) is 0 Å². The highest BCUT2D eigenvalue weighted by Crippen LogP contribution is 2.33. The lowest BCUT2D eigenvalue weighted by Crippen LogP contribution is -2.26. The van der Waals surface area contributed by atoms with Crippen molar-refractivity contribution >= 4 is 5.97 Å². The molecule has 0 aliphatic heterocycles. The molecule has 74 valence electrons. The first-order chi connectivity index (χ1) is 6.27. The summed E-state index contributed by atoms with van der Waals surface area (Å²) in [5.41, 5.74) is 0. The Morgan fingerprint density at radius 1 is 1.31 bits per heavy atom. The van der Waals surface area contributed by atoms with Gasteiger partial charge in [0.1, 0.15) is 0 Å². The predicted octanol–water partition coefficient (Wildman–Crippen LogP) is 1.67. The van der Waals surface area contributed by atoms with E-state index in [-0.39, 0.29) is 12.0 Å². The number of carbonyl (C=O) groups is 1. The van der Waals surface area contributed by atoms with Crippen LogP contribution in [0.25, 0.3) is 0 Å². The monoisotopic (exact) mass is 184 g/mol. The molecule has 0 saturated heterocycles. The third-order valence-electron chi connectivity index (χ3n) is 3.01. The molecule has 0 spiro atoms. The van der Waals surface area contributed by atoms with Gasteiger partial charge in [0, 0.05) is 6.61 Å². The summed E-state index contributed by atoms with van der Waals surface area (Å²) in [6.07, 6.45) is 5.27. The van der Waals surface area contributed by atoms with E-state index in [9.17, 15) is 4.79 Å². The Bertz CT molecular complexity index is 198. The number of ether oxygens (including phenoxy) is 1. The molecule has 0 heterocycles. The van der Waals surface area contributed by atoms with Gasteiger partial charge in [-0.1, -0.05) is 0 Å². The smallest absolute Gasteiger partial charge is 0.309 e. The summed E-state index contributed by atoms with van der Waals surface area (Å²) in [5, 5.41) is 8.88. The van der Waals surface area contributed by atoms with Gasteiger partial charge < -0.3 is 9.84 Å². The van der Waals surface area contributed by atoms with Gasteiger partial charge in [0.2, 0.25) is 0 Å². The van der Waals surface area contributed by atoms with Gasteiger partial charge in [-0.15, -0.1) is 0 Å². The highest BCUT2D eigenvalue weighted by molar-refractivity contribution is 5.71. The first kappa shape index (κ1) is 9.00. The summed E-state index contributed by atoms with van der Waals surface area (Å²) in [6, 6.07) is 0. The summed E-state index contributed by atoms with van der Waals surface area (Å²) in [4.78, 5) is 10.8. The van der Waals surface area contributed by atoms with E-state index in [2.05, 4.69) is 0 Å². The van der Waals surface area contributed by atoms with E-state index in [0.717, 1.165) is 31.8 Å². The highest BCUT2D eigenvalue weighted by Gasteiger charge is 2.34. The van der Waals surface area contributed by atoms with Crippen molar-refractivity contribution in [2.45, 2.75) is 38.2 Å². The van der Waals surface area contributed by atoms with Crippen molar-refractivity contribution in [3.8, 4) is 0 Å². The van der Waals surface area contributed by atoms with E-state index in [1.165, 1.54) is 12.8 Å². The number of carboxylic acid groups (broad SMARTS) is 1. The number of carboxylic acids is 1. The van der Waals surface area contributed by atoms with Crippen molar-refractivity contribution in [3.63, 3.8) is 0 Å². The van der Waals surface area contributed by atoms with Gasteiger partial charge in [-0.25, -0.2) is 0 Å².